The molecular weight excluding hydrogens is 320 g/mol. The Labute approximate surface area is 126 Å². The molecule has 0 saturated carbocycles. The van der Waals surface area contributed by atoms with Crippen LogP contribution in [0.5, 0.6) is 0 Å². The lowest BCUT2D eigenvalue weighted by atomic mass is 10.5. The van der Waals surface area contributed by atoms with E-state index >= 15 is 0 Å². The highest BCUT2D eigenvalue weighted by molar-refractivity contribution is 8.56. The zero-order chi connectivity index (χ0) is 15.5. The first-order valence-electron chi connectivity index (χ1n) is 6.80. The Kier molecular flexibility index (Phi) is 11.6. The molecule has 1 unspecified atom stereocenters. The van der Waals surface area contributed by atoms with Crippen LogP contribution in [0.1, 0.15) is 40.0 Å². The zero-order valence-corrected chi connectivity index (χ0v) is 15.6. The molecular formula is C11H27NO5P2S. The van der Waals surface area contributed by atoms with Crippen LogP contribution < -0.4 is 0 Å². The van der Waals surface area contributed by atoms with Crippen molar-refractivity contribution >= 4 is 25.8 Å². The van der Waals surface area contributed by atoms with Crippen LogP contribution in [0.3, 0.4) is 0 Å². The van der Waals surface area contributed by atoms with Crippen molar-refractivity contribution in [2.75, 3.05) is 33.2 Å². The van der Waals surface area contributed by atoms with Crippen molar-refractivity contribution in [3.05, 3.63) is 0 Å². The Balaban J connectivity index is 5.42. The summed E-state index contributed by atoms with van der Waals surface area (Å²) in [5, 5.41) is 0. The first-order valence-corrected chi connectivity index (χ1v) is 11.7. The average Bonchev–Trinajstić information content (AvgIpc) is 2.48. The maximum atomic E-state index is 12.4. The molecule has 0 heterocycles. The van der Waals surface area contributed by atoms with Crippen LogP contribution in [0.4, 0.5) is 0 Å². The van der Waals surface area contributed by atoms with Gasteiger partial charge in [-0.15, -0.1) is 4.52 Å². The van der Waals surface area contributed by atoms with Gasteiger partial charge in [0.15, 0.2) is 0 Å². The smallest absolute Gasteiger partial charge is 0.308 e. The summed E-state index contributed by atoms with van der Waals surface area (Å²) >= 11 is 1.05. The standard InChI is InChI=1S/C11H27NO5P2S/c1-6-9-15-19(16-10-7-2,17-11-8-3)12-18(13,14-4)20-5/h6-11H2,1-5H3. The molecule has 0 aliphatic rings. The molecule has 0 aliphatic heterocycles. The average molecular weight is 347 g/mol. The first kappa shape index (κ1) is 20.6. The summed E-state index contributed by atoms with van der Waals surface area (Å²) in [5.41, 5.74) is 0. The predicted molar refractivity (Wildman–Crippen MR) is 86.2 cm³/mol. The van der Waals surface area contributed by atoms with Crippen LogP contribution in [0.25, 0.3) is 0 Å². The Bertz CT molecular complexity index is 317. The van der Waals surface area contributed by atoms with E-state index in [-0.39, 0.29) is 0 Å². The number of hydrogen-bond acceptors (Lipinski definition) is 6. The first-order chi connectivity index (χ1) is 9.51. The van der Waals surface area contributed by atoms with Gasteiger partial charge in [0.25, 0.3) is 0 Å². The van der Waals surface area contributed by atoms with Crippen molar-refractivity contribution in [2.24, 2.45) is 4.52 Å². The molecule has 20 heavy (non-hydrogen) atoms. The SMILES string of the molecule is CCCOP(=NP(=O)(OC)SC)(OCCC)OCCC. The summed E-state index contributed by atoms with van der Waals surface area (Å²) in [6.45, 7) is 4.09. The van der Waals surface area contributed by atoms with E-state index < -0.39 is 14.5 Å². The molecule has 0 spiro atoms. The van der Waals surface area contributed by atoms with Crippen molar-refractivity contribution in [3.8, 4) is 0 Å². The summed E-state index contributed by atoms with van der Waals surface area (Å²) in [5.74, 6) is 0. The number of rotatable bonds is 12. The quantitative estimate of drug-likeness (QED) is 0.445. The molecule has 1 atom stereocenters. The highest BCUT2D eigenvalue weighted by Crippen LogP contribution is 2.69. The van der Waals surface area contributed by atoms with E-state index in [0.29, 0.717) is 19.8 Å². The second-order valence-electron chi connectivity index (χ2n) is 3.89. The molecule has 0 fully saturated rings. The Morgan fingerprint density at radius 1 is 0.950 bits per heavy atom. The summed E-state index contributed by atoms with van der Waals surface area (Å²) in [6, 6.07) is 0. The van der Waals surface area contributed by atoms with Gasteiger partial charge in [0, 0.05) is 7.11 Å². The van der Waals surface area contributed by atoms with Crippen LogP contribution in [-0.2, 0) is 22.7 Å². The maximum absolute atomic E-state index is 12.4. The molecule has 0 N–H and O–H groups in total. The minimum absolute atomic E-state index is 0.447. The van der Waals surface area contributed by atoms with Gasteiger partial charge in [-0.2, -0.15) is 0 Å². The molecule has 0 aliphatic carbocycles. The van der Waals surface area contributed by atoms with Gasteiger partial charge >= 0.3 is 14.5 Å². The monoisotopic (exact) mass is 347 g/mol. The van der Waals surface area contributed by atoms with Crippen LogP contribution in [-0.4, -0.2) is 33.2 Å². The van der Waals surface area contributed by atoms with Gasteiger partial charge in [0.05, 0.1) is 19.8 Å². The van der Waals surface area contributed by atoms with E-state index in [1.807, 2.05) is 20.8 Å². The van der Waals surface area contributed by atoms with Gasteiger partial charge < -0.3 is 18.1 Å². The molecule has 0 saturated heterocycles. The lowest BCUT2D eigenvalue weighted by Gasteiger charge is -2.24. The minimum atomic E-state index is -3.21. The fourth-order valence-electron chi connectivity index (χ4n) is 1.09. The molecule has 9 heteroatoms. The predicted octanol–water partition coefficient (Wildman–Crippen LogP) is 5.33. The second kappa shape index (κ2) is 11.2. The molecule has 0 bridgehead atoms. The number of nitrogens with zero attached hydrogens (tertiary/aromatic N) is 1. The van der Waals surface area contributed by atoms with Gasteiger partial charge in [0.2, 0.25) is 0 Å². The van der Waals surface area contributed by atoms with Crippen molar-refractivity contribution in [1.29, 1.82) is 0 Å². The molecule has 0 aromatic carbocycles. The zero-order valence-electron chi connectivity index (χ0n) is 13.0. The summed E-state index contributed by atoms with van der Waals surface area (Å²) < 4.78 is 38.8. The highest BCUT2D eigenvalue weighted by atomic mass is 32.7. The summed E-state index contributed by atoms with van der Waals surface area (Å²) in [4.78, 5) is 0. The third kappa shape index (κ3) is 7.60. The fraction of sp³-hybridized carbons (Fsp3) is 1.00. The highest BCUT2D eigenvalue weighted by Gasteiger charge is 2.31. The van der Waals surface area contributed by atoms with E-state index in [1.54, 1.807) is 6.26 Å². The van der Waals surface area contributed by atoms with Crippen LogP contribution in [0.2, 0.25) is 0 Å². The van der Waals surface area contributed by atoms with Crippen LogP contribution >= 0.6 is 25.8 Å². The third-order valence-corrected chi connectivity index (χ3v) is 8.75. The van der Waals surface area contributed by atoms with Crippen molar-refractivity contribution in [1.82, 2.24) is 0 Å². The fourth-order valence-corrected chi connectivity index (χ4v) is 6.89. The summed E-state index contributed by atoms with van der Waals surface area (Å²) in [7, 11) is -1.61. The minimum Gasteiger partial charge on any atom is -0.308 e. The van der Waals surface area contributed by atoms with Gasteiger partial charge in [-0.3, -0.25) is 4.57 Å². The van der Waals surface area contributed by atoms with Gasteiger partial charge in [-0.05, 0) is 36.9 Å². The van der Waals surface area contributed by atoms with Crippen molar-refractivity contribution < 1.29 is 22.7 Å². The van der Waals surface area contributed by atoms with E-state index in [9.17, 15) is 4.57 Å². The molecule has 122 valence electrons. The van der Waals surface area contributed by atoms with Crippen LogP contribution in [0, 0.1) is 0 Å². The van der Waals surface area contributed by atoms with E-state index in [1.165, 1.54) is 7.11 Å². The largest absolute Gasteiger partial charge is 0.375 e. The van der Waals surface area contributed by atoms with Crippen molar-refractivity contribution in [2.45, 2.75) is 40.0 Å². The molecule has 0 amide bonds. The molecule has 6 nitrogen and oxygen atoms in total. The normalized spacial score (nSPS) is 15.1. The summed E-state index contributed by atoms with van der Waals surface area (Å²) in [6.07, 6.45) is 4.10. The van der Waals surface area contributed by atoms with Gasteiger partial charge in [0.1, 0.15) is 0 Å². The lowest BCUT2D eigenvalue weighted by molar-refractivity contribution is 0.148. The topological polar surface area (TPSA) is 66.4 Å². The van der Waals surface area contributed by atoms with Gasteiger partial charge in [-0.1, -0.05) is 20.8 Å². The van der Waals surface area contributed by atoms with Gasteiger partial charge in [-0.25, -0.2) is 0 Å². The Morgan fingerprint density at radius 2 is 1.35 bits per heavy atom. The number of hydrogen-bond donors (Lipinski definition) is 0. The maximum Gasteiger partial charge on any atom is 0.375 e. The van der Waals surface area contributed by atoms with E-state index in [4.69, 9.17) is 18.1 Å². The second-order valence-corrected chi connectivity index (χ2v) is 10.5. The molecule has 0 rings (SSSR count). The Morgan fingerprint density at radius 3 is 1.60 bits per heavy atom. The molecule has 0 radical (unpaired) electrons. The van der Waals surface area contributed by atoms with E-state index in [2.05, 4.69) is 4.52 Å². The van der Waals surface area contributed by atoms with E-state index in [0.717, 1.165) is 30.6 Å². The molecule has 0 aromatic heterocycles. The van der Waals surface area contributed by atoms with Crippen LogP contribution in [0.15, 0.2) is 4.52 Å². The van der Waals surface area contributed by atoms with Crippen molar-refractivity contribution in [3.63, 3.8) is 0 Å². The lowest BCUT2D eigenvalue weighted by Crippen LogP contribution is -2.03. The third-order valence-electron chi connectivity index (χ3n) is 2.06. The Hall–Kier alpha value is 0.650. The molecule has 0 aromatic rings.